The number of thioether (sulfide) groups is 1. The molecule has 2 aromatic rings. The number of carbonyl (C=O) groups excluding carboxylic acids is 2. The van der Waals surface area contributed by atoms with E-state index in [1.807, 2.05) is 0 Å². The van der Waals surface area contributed by atoms with E-state index in [4.69, 9.17) is 4.74 Å². The van der Waals surface area contributed by atoms with Gasteiger partial charge in [-0.2, -0.15) is 0 Å². The number of imide groups is 1. The molecule has 156 valence electrons. The Morgan fingerprint density at radius 2 is 1.90 bits per heavy atom. The lowest BCUT2D eigenvalue weighted by molar-refractivity contribution is -0.384. The van der Waals surface area contributed by atoms with Crippen molar-refractivity contribution in [1.82, 2.24) is 4.90 Å². The number of hydrogen-bond donors (Lipinski definition) is 1. The highest BCUT2D eigenvalue weighted by atomic mass is 79.9. The van der Waals surface area contributed by atoms with Crippen LogP contribution in [-0.2, 0) is 11.3 Å². The highest BCUT2D eigenvalue weighted by molar-refractivity contribution is 9.13. The number of nitro benzene ring substituents is 1. The van der Waals surface area contributed by atoms with E-state index in [-0.39, 0.29) is 28.6 Å². The van der Waals surface area contributed by atoms with Crippen LogP contribution in [0.3, 0.4) is 0 Å². The summed E-state index contributed by atoms with van der Waals surface area (Å²) in [6.07, 6.45) is 1.54. The summed E-state index contributed by atoms with van der Waals surface area (Å²) >= 11 is 7.43. The maximum atomic E-state index is 12.8. The molecule has 0 atom stereocenters. The third-order valence-electron chi connectivity index (χ3n) is 4.12. The van der Waals surface area contributed by atoms with Crippen molar-refractivity contribution in [2.75, 3.05) is 6.61 Å². The molecule has 0 radical (unpaired) electrons. The van der Waals surface area contributed by atoms with Gasteiger partial charge in [0.05, 0.1) is 27.5 Å². The Kier molecular flexibility index (Phi) is 6.84. The molecule has 0 aliphatic carbocycles. The number of halogens is 2. The van der Waals surface area contributed by atoms with Crippen LogP contribution in [0.1, 0.15) is 18.1 Å². The molecule has 1 fully saturated rings. The molecule has 1 aliphatic heterocycles. The van der Waals surface area contributed by atoms with Gasteiger partial charge in [0.25, 0.3) is 16.8 Å². The summed E-state index contributed by atoms with van der Waals surface area (Å²) in [5.74, 6) is -0.312. The van der Waals surface area contributed by atoms with Crippen molar-refractivity contribution in [3.63, 3.8) is 0 Å². The SMILES string of the molecule is CCOc1cc(/C=C2\SC(=O)N(Cc3ccc([N+](=O)[O-])cc3)C2=O)c(Br)c(Br)c1O. The Labute approximate surface area is 192 Å². The van der Waals surface area contributed by atoms with Crippen LogP contribution in [0.25, 0.3) is 6.08 Å². The van der Waals surface area contributed by atoms with Crippen molar-refractivity contribution in [2.24, 2.45) is 0 Å². The maximum Gasteiger partial charge on any atom is 0.293 e. The van der Waals surface area contributed by atoms with E-state index in [0.29, 0.717) is 26.7 Å². The molecule has 11 heteroatoms. The number of phenols is 1. The summed E-state index contributed by atoms with van der Waals surface area (Å²) < 4.78 is 6.28. The molecule has 1 N–H and O–H groups in total. The minimum Gasteiger partial charge on any atom is -0.503 e. The van der Waals surface area contributed by atoms with E-state index < -0.39 is 16.1 Å². The van der Waals surface area contributed by atoms with Crippen molar-refractivity contribution in [2.45, 2.75) is 13.5 Å². The van der Waals surface area contributed by atoms with Crippen molar-refractivity contribution < 1.29 is 24.4 Å². The minimum atomic E-state index is -0.517. The normalized spacial score (nSPS) is 15.2. The number of benzene rings is 2. The molecule has 1 saturated heterocycles. The fourth-order valence-corrected chi connectivity index (χ4v) is 4.34. The molecule has 0 unspecified atom stereocenters. The summed E-state index contributed by atoms with van der Waals surface area (Å²) in [6.45, 7) is 2.12. The standard InChI is InChI=1S/C19H14Br2N2O6S/c1-2-29-13-7-11(15(20)16(21)17(13)24)8-14-18(25)22(19(26)30-14)9-10-3-5-12(6-4-10)23(27)28/h3-8,24H,2,9H2,1H3/b14-8-. The lowest BCUT2D eigenvalue weighted by Gasteiger charge is -2.13. The molecule has 1 aliphatic rings. The number of non-ortho nitro benzene ring substituents is 1. The van der Waals surface area contributed by atoms with E-state index in [0.717, 1.165) is 16.7 Å². The first-order chi connectivity index (χ1) is 14.2. The summed E-state index contributed by atoms with van der Waals surface area (Å²) in [6, 6.07) is 7.23. The number of hydrogen-bond acceptors (Lipinski definition) is 7. The van der Waals surface area contributed by atoms with Gasteiger partial charge in [0.1, 0.15) is 0 Å². The molecule has 0 spiro atoms. The number of phenolic OH excluding ortho intramolecular Hbond substituents is 1. The van der Waals surface area contributed by atoms with Gasteiger partial charge in [-0.1, -0.05) is 12.1 Å². The van der Waals surface area contributed by atoms with E-state index in [1.165, 1.54) is 30.3 Å². The van der Waals surface area contributed by atoms with Crippen LogP contribution in [0.15, 0.2) is 44.2 Å². The fraction of sp³-hybridized carbons (Fsp3) is 0.158. The molecular formula is C19H14Br2N2O6S. The fourth-order valence-electron chi connectivity index (χ4n) is 2.67. The van der Waals surface area contributed by atoms with Gasteiger partial charge >= 0.3 is 0 Å². The number of ether oxygens (including phenoxy) is 1. The Morgan fingerprint density at radius 3 is 2.50 bits per heavy atom. The summed E-state index contributed by atoms with van der Waals surface area (Å²) in [5.41, 5.74) is 1.07. The minimum absolute atomic E-state index is 0.00460. The van der Waals surface area contributed by atoms with Crippen LogP contribution in [0, 0.1) is 10.1 Å². The predicted molar refractivity (Wildman–Crippen MR) is 119 cm³/mol. The molecular weight excluding hydrogens is 544 g/mol. The molecule has 8 nitrogen and oxygen atoms in total. The monoisotopic (exact) mass is 556 g/mol. The van der Waals surface area contributed by atoms with Gasteiger partial charge in [-0.25, -0.2) is 0 Å². The number of rotatable bonds is 6. The molecule has 2 aromatic carbocycles. The van der Waals surface area contributed by atoms with Crippen LogP contribution in [0.2, 0.25) is 0 Å². The van der Waals surface area contributed by atoms with E-state index >= 15 is 0 Å². The van der Waals surface area contributed by atoms with Gasteiger partial charge in [-0.15, -0.1) is 0 Å². The Morgan fingerprint density at radius 1 is 1.23 bits per heavy atom. The third kappa shape index (κ3) is 4.52. The number of amides is 2. The van der Waals surface area contributed by atoms with Gasteiger partial charge < -0.3 is 9.84 Å². The molecule has 3 rings (SSSR count). The van der Waals surface area contributed by atoms with Gasteiger partial charge in [-0.3, -0.25) is 24.6 Å². The van der Waals surface area contributed by atoms with Gasteiger partial charge in [-0.05, 0) is 73.8 Å². The third-order valence-corrected chi connectivity index (χ3v) is 7.19. The second kappa shape index (κ2) is 9.19. The second-order valence-corrected chi connectivity index (χ2v) is 8.64. The Bertz CT molecular complexity index is 1070. The van der Waals surface area contributed by atoms with Crippen molar-refractivity contribution in [1.29, 1.82) is 0 Å². The highest BCUT2D eigenvalue weighted by Gasteiger charge is 2.35. The lowest BCUT2D eigenvalue weighted by Crippen LogP contribution is -2.27. The molecule has 2 amide bonds. The van der Waals surface area contributed by atoms with Crippen LogP contribution >= 0.6 is 43.6 Å². The smallest absolute Gasteiger partial charge is 0.293 e. The molecule has 0 aromatic heterocycles. The van der Waals surface area contributed by atoms with Crippen molar-refractivity contribution in [3.05, 3.63) is 65.4 Å². The van der Waals surface area contributed by atoms with E-state index in [9.17, 15) is 24.8 Å². The number of carbonyl (C=O) groups is 2. The van der Waals surface area contributed by atoms with E-state index in [2.05, 4.69) is 31.9 Å². The van der Waals surface area contributed by atoms with Crippen molar-refractivity contribution in [3.8, 4) is 11.5 Å². The van der Waals surface area contributed by atoms with Crippen LogP contribution in [0.5, 0.6) is 11.5 Å². The zero-order valence-corrected chi connectivity index (χ0v) is 19.4. The molecule has 0 saturated carbocycles. The number of nitro groups is 1. The van der Waals surface area contributed by atoms with Crippen molar-refractivity contribution >= 4 is 66.5 Å². The highest BCUT2D eigenvalue weighted by Crippen LogP contribution is 2.44. The quantitative estimate of drug-likeness (QED) is 0.285. The maximum absolute atomic E-state index is 12.8. The lowest BCUT2D eigenvalue weighted by atomic mass is 10.1. The first-order valence-electron chi connectivity index (χ1n) is 8.55. The van der Waals surface area contributed by atoms with Gasteiger partial charge in [0.2, 0.25) is 0 Å². The Balaban J connectivity index is 1.87. The first-order valence-corrected chi connectivity index (χ1v) is 11.0. The number of aromatic hydroxyl groups is 1. The van der Waals surface area contributed by atoms with Gasteiger partial charge in [0, 0.05) is 16.6 Å². The topological polar surface area (TPSA) is 110 Å². The predicted octanol–water partition coefficient (Wildman–Crippen LogP) is 5.46. The summed E-state index contributed by atoms with van der Waals surface area (Å²) in [7, 11) is 0. The summed E-state index contributed by atoms with van der Waals surface area (Å²) in [5, 5.41) is 20.5. The first kappa shape index (κ1) is 22.3. The van der Waals surface area contributed by atoms with Crippen LogP contribution in [-0.4, -0.2) is 32.7 Å². The van der Waals surface area contributed by atoms with Crippen LogP contribution < -0.4 is 4.74 Å². The molecule has 0 bridgehead atoms. The second-order valence-electron chi connectivity index (χ2n) is 6.06. The zero-order chi connectivity index (χ0) is 22.0. The summed E-state index contributed by atoms with van der Waals surface area (Å²) in [4.78, 5) is 36.7. The average molecular weight is 558 g/mol. The molecule has 1 heterocycles. The van der Waals surface area contributed by atoms with Crippen LogP contribution in [0.4, 0.5) is 10.5 Å². The zero-order valence-electron chi connectivity index (χ0n) is 15.4. The largest absolute Gasteiger partial charge is 0.503 e. The Hall–Kier alpha value is -2.37. The average Bonchev–Trinajstić information content (AvgIpc) is 2.97. The number of nitrogens with zero attached hydrogens (tertiary/aromatic N) is 2. The van der Waals surface area contributed by atoms with E-state index in [1.54, 1.807) is 13.0 Å². The van der Waals surface area contributed by atoms with Gasteiger partial charge in [0.15, 0.2) is 11.5 Å². The molecule has 30 heavy (non-hydrogen) atoms.